The van der Waals surface area contributed by atoms with Crippen LogP contribution in [-0.2, 0) is 6.42 Å². The van der Waals surface area contributed by atoms with Gasteiger partial charge < -0.3 is 4.90 Å². The second-order valence-electron chi connectivity index (χ2n) is 4.83. The Labute approximate surface area is 117 Å². The van der Waals surface area contributed by atoms with E-state index in [-0.39, 0.29) is 6.67 Å². The van der Waals surface area contributed by atoms with Crippen LogP contribution < -0.4 is 0 Å². The molecule has 1 nitrogen and oxygen atoms in total. The van der Waals surface area contributed by atoms with Crippen molar-refractivity contribution in [3.8, 4) is 0 Å². The topological polar surface area (TPSA) is 3.24 Å². The maximum Gasteiger partial charge on any atom is 0.0906 e. The first-order valence-electron chi connectivity index (χ1n) is 6.30. The summed E-state index contributed by atoms with van der Waals surface area (Å²) in [6, 6.07) is 8.80. The summed E-state index contributed by atoms with van der Waals surface area (Å²) in [4.78, 5) is 2.40. The van der Waals surface area contributed by atoms with Crippen molar-refractivity contribution in [3.63, 3.8) is 0 Å². The summed E-state index contributed by atoms with van der Waals surface area (Å²) in [5.41, 5.74) is 1.43. The molecule has 0 spiro atoms. The van der Waals surface area contributed by atoms with E-state index < -0.39 is 0 Å². The Morgan fingerprint density at radius 2 is 2.06 bits per heavy atom. The minimum Gasteiger partial charge on any atom is -0.303 e. The van der Waals surface area contributed by atoms with E-state index in [0.29, 0.717) is 6.42 Å². The third-order valence-corrected chi connectivity index (χ3v) is 4.13. The van der Waals surface area contributed by atoms with Crippen LogP contribution in [0.5, 0.6) is 0 Å². The molecule has 0 aliphatic carbocycles. The molecule has 0 N–H and O–H groups in total. The van der Waals surface area contributed by atoms with Gasteiger partial charge in [-0.25, -0.2) is 0 Å². The second kappa shape index (κ2) is 6.69. The fourth-order valence-corrected chi connectivity index (χ4v) is 2.88. The molecule has 2 rings (SSSR count). The maximum atomic E-state index is 12.1. The molecule has 1 heterocycles. The molecule has 17 heavy (non-hydrogen) atoms. The highest BCUT2D eigenvalue weighted by Crippen LogP contribution is 2.21. The van der Waals surface area contributed by atoms with Crippen LogP contribution in [0.3, 0.4) is 0 Å². The second-order valence-corrected chi connectivity index (χ2v) is 6.07. The standard InChI is InChI=1S/C14H19FIN/c15-7-1-8-17-9-6-13(11-17)10-12-2-4-14(16)5-3-12/h2-5,13H,1,6-11H2/t13-/m1/s1. The Kier molecular flexibility index (Phi) is 5.22. The number of alkyl halides is 1. The molecule has 0 aromatic heterocycles. The highest BCUT2D eigenvalue weighted by atomic mass is 127. The van der Waals surface area contributed by atoms with E-state index in [2.05, 4.69) is 51.8 Å². The first-order valence-corrected chi connectivity index (χ1v) is 7.38. The fourth-order valence-electron chi connectivity index (χ4n) is 2.52. The number of halogens is 2. The van der Waals surface area contributed by atoms with Crippen molar-refractivity contribution in [3.05, 3.63) is 33.4 Å². The first-order chi connectivity index (χ1) is 8.28. The number of rotatable bonds is 5. The summed E-state index contributed by atoms with van der Waals surface area (Å²) >= 11 is 2.34. The summed E-state index contributed by atoms with van der Waals surface area (Å²) in [5, 5.41) is 0. The zero-order valence-corrected chi connectivity index (χ0v) is 12.2. The minimum atomic E-state index is -0.182. The SMILES string of the molecule is FCCCN1CC[C@H](Cc2ccc(I)cc2)C1. The minimum absolute atomic E-state index is 0.182. The summed E-state index contributed by atoms with van der Waals surface area (Å²) in [5.74, 6) is 0.759. The maximum absolute atomic E-state index is 12.1. The lowest BCUT2D eigenvalue weighted by molar-refractivity contribution is 0.301. The zero-order valence-electron chi connectivity index (χ0n) is 10.0. The molecule has 1 aromatic carbocycles. The van der Waals surface area contributed by atoms with Gasteiger partial charge in [-0.15, -0.1) is 0 Å². The summed E-state index contributed by atoms with van der Waals surface area (Å²) in [6.45, 7) is 3.04. The molecule has 1 atom stereocenters. The predicted octanol–water partition coefficient (Wildman–Crippen LogP) is 3.52. The van der Waals surface area contributed by atoms with Crippen molar-refractivity contribution in [1.82, 2.24) is 4.90 Å². The van der Waals surface area contributed by atoms with E-state index in [1.165, 1.54) is 22.0 Å². The number of hydrogen-bond donors (Lipinski definition) is 0. The molecule has 3 heteroatoms. The Hall–Kier alpha value is -0.160. The van der Waals surface area contributed by atoms with E-state index in [1.54, 1.807) is 0 Å². The molecule has 1 aromatic rings. The van der Waals surface area contributed by atoms with Crippen LogP contribution in [0.1, 0.15) is 18.4 Å². The highest BCUT2D eigenvalue weighted by molar-refractivity contribution is 14.1. The Balaban J connectivity index is 1.79. The van der Waals surface area contributed by atoms with Crippen LogP contribution in [0.25, 0.3) is 0 Å². The molecule has 0 unspecified atom stereocenters. The van der Waals surface area contributed by atoms with Crippen LogP contribution in [0.15, 0.2) is 24.3 Å². The lowest BCUT2D eigenvalue weighted by Gasteiger charge is -2.14. The van der Waals surface area contributed by atoms with Crippen molar-refractivity contribution in [1.29, 1.82) is 0 Å². The van der Waals surface area contributed by atoms with Crippen molar-refractivity contribution in [2.24, 2.45) is 5.92 Å². The van der Waals surface area contributed by atoms with Gasteiger partial charge in [0.25, 0.3) is 0 Å². The van der Waals surface area contributed by atoms with E-state index in [9.17, 15) is 4.39 Å². The molecule has 0 bridgehead atoms. The summed E-state index contributed by atoms with van der Waals surface area (Å²) in [7, 11) is 0. The van der Waals surface area contributed by atoms with Crippen molar-refractivity contribution < 1.29 is 4.39 Å². The molecule has 1 aliphatic heterocycles. The lowest BCUT2D eigenvalue weighted by Crippen LogP contribution is -2.22. The van der Waals surface area contributed by atoms with E-state index in [4.69, 9.17) is 0 Å². The van der Waals surface area contributed by atoms with Crippen LogP contribution >= 0.6 is 22.6 Å². The molecule has 1 aliphatic rings. The van der Waals surface area contributed by atoms with Gasteiger partial charge in [0.05, 0.1) is 6.67 Å². The molecule has 0 saturated carbocycles. The van der Waals surface area contributed by atoms with Crippen LogP contribution in [-0.4, -0.2) is 31.2 Å². The van der Waals surface area contributed by atoms with Crippen molar-refractivity contribution >= 4 is 22.6 Å². The largest absolute Gasteiger partial charge is 0.303 e. The van der Waals surface area contributed by atoms with Gasteiger partial charge in [-0.3, -0.25) is 4.39 Å². The van der Waals surface area contributed by atoms with Gasteiger partial charge in [0, 0.05) is 16.7 Å². The highest BCUT2D eigenvalue weighted by Gasteiger charge is 2.21. The normalized spacial score (nSPS) is 20.9. The number of hydrogen-bond acceptors (Lipinski definition) is 1. The lowest BCUT2D eigenvalue weighted by atomic mass is 9.99. The Bertz CT molecular complexity index is 339. The number of nitrogens with zero attached hydrogens (tertiary/aromatic N) is 1. The van der Waals surface area contributed by atoms with Gasteiger partial charge in [0.2, 0.25) is 0 Å². The van der Waals surface area contributed by atoms with E-state index >= 15 is 0 Å². The molecule has 94 valence electrons. The number of benzene rings is 1. The third kappa shape index (κ3) is 4.21. The van der Waals surface area contributed by atoms with Gasteiger partial charge in [-0.05, 0) is 72.0 Å². The average molecular weight is 347 g/mol. The Morgan fingerprint density at radius 1 is 1.29 bits per heavy atom. The third-order valence-electron chi connectivity index (χ3n) is 3.42. The van der Waals surface area contributed by atoms with Gasteiger partial charge in [-0.1, -0.05) is 12.1 Å². The smallest absolute Gasteiger partial charge is 0.0906 e. The zero-order chi connectivity index (χ0) is 12.1. The molecular formula is C14H19FIN. The van der Waals surface area contributed by atoms with Crippen LogP contribution in [0.2, 0.25) is 0 Å². The van der Waals surface area contributed by atoms with Crippen LogP contribution in [0, 0.1) is 9.49 Å². The molecule has 1 saturated heterocycles. The van der Waals surface area contributed by atoms with Crippen molar-refractivity contribution in [2.45, 2.75) is 19.3 Å². The summed E-state index contributed by atoms with van der Waals surface area (Å²) in [6.07, 6.45) is 3.12. The Morgan fingerprint density at radius 3 is 2.76 bits per heavy atom. The fraction of sp³-hybridized carbons (Fsp3) is 0.571. The predicted molar refractivity (Wildman–Crippen MR) is 78.0 cm³/mol. The number of likely N-dealkylation sites (tertiary alicyclic amines) is 1. The van der Waals surface area contributed by atoms with E-state index in [1.807, 2.05) is 0 Å². The van der Waals surface area contributed by atoms with Crippen molar-refractivity contribution in [2.75, 3.05) is 26.3 Å². The quantitative estimate of drug-likeness (QED) is 0.737. The van der Waals surface area contributed by atoms with Gasteiger partial charge >= 0.3 is 0 Å². The molecule has 0 amide bonds. The van der Waals surface area contributed by atoms with Crippen LogP contribution in [0.4, 0.5) is 4.39 Å². The molecule has 1 fully saturated rings. The van der Waals surface area contributed by atoms with Gasteiger partial charge in [0.1, 0.15) is 0 Å². The average Bonchev–Trinajstić information content (AvgIpc) is 2.77. The van der Waals surface area contributed by atoms with Gasteiger partial charge in [0.15, 0.2) is 0 Å². The summed E-state index contributed by atoms with van der Waals surface area (Å²) < 4.78 is 13.4. The monoisotopic (exact) mass is 347 g/mol. The molecular weight excluding hydrogens is 328 g/mol. The van der Waals surface area contributed by atoms with Gasteiger partial charge in [-0.2, -0.15) is 0 Å². The first kappa shape index (κ1) is 13.3. The van der Waals surface area contributed by atoms with E-state index in [0.717, 1.165) is 25.6 Å². The molecule has 0 radical (unpaired) electrons.